The van der Waals surface area contributed by atoms with E-state index in [1.165, 1.54) is 0 Å². The summed E-state index contributed by atoms with van der Waals surface area (Å²) in [5.74, 6) is 8.12. The first-order valence-corrected chi connectivity index (χ1v) is 1.45. The van der Waals surface area contributed by atoms with E-state index in [0.717, 1.165) is 6.21 Å². The zero-order valence-corrected chi connectivity index (χ0v) is 3.50. The zero-order chi connectivity index (χ0) is 5.70. The Labute approximate surface area is 39.9 Å². The summed E-state index contributed by atoms with van der Waals surface area (Å²) in [7, 11) is 0. The first-order valence-electron chi connectivity index (χ1n) is 1.45. The van der Waals surface area contributed by atoms with E-state index in [4.69, 9.17) is 0 Å². The van der Waals surface area contributed by atoms with Crippen LogP contribution in [-0.4, -0.2) is 12.2 Å². The third-order valence-electron chi connectivity index (χ3n) is 0.296. The second-order valence-corrected chi connectivity index (χ2v) is 0.715. The Morgan fingerprint density at radius 2 is 2.43 bits per heavy atom. The van der Waals surface area contributed by atoms with Gasteiger partial charge in [0.15, 0.2) is 0 Å². The Kier molecular flexibility index (Phi) is 2.62. The Balaban J connectivity index is 3.37. The van der Waals surface area contributed by atoms with E-state index < -0.39 is 5.97 Å². The van der Waals surface area contributed by atoms with Gasteiger partial charge >= 0.3 is 5.97 Å². The lowest BCUT2D eigenvalue weighted by molar-refractivity contribution is -0.135. The van der Waals surface area contributed by atoms with Gasteiger partial charge in [0.1, 0.15) is 6.21 Å². The van der Waals surface area contributed by atoms with Gasteiger partial charge in [-0.1, -0.05) is 0 Å². The maximum atomic E-state index is 9.84. The van der Waals surface area contributed by atoms with Crippen LogP contribution >= 0.6 is 0 Å². The number of carbonyl (C=O) groups is 1. The summed E-state index contributed by atoms with van der Waals surface area (Å²) in [5, 5.41) is 2.83. The summed E-state index contributed by atoms with van der Waals surface area (Å²) in [6, 6.07) is 0. The van der Waals surface area contributed by atoms with Gasteiger partial charge in [-0.05, 0) is 0 Å². The smallest absolute Gasteiger partial charge is 0.369 e. The molecule has 0 saturated carbocycles. The van der Waals surface area contributed by atoms with Crippen molar-refractivity contribution in [3.63, 3.8) is 0 Å². The van der Waals surface area contributed by atoms with Gasteiger partial charge < -0.3 is 10.7 Å². The summed E-state index contributed by atoms with van der Waals surface area (Å²) in [6.07, 6.45) is 0.764. The molecule has 0 rings (SSSR count). The van der Waals surface area contributed by atoms with Crippen LogP contribution in [0, 0.1) is 0 Å². The number of nitrogens with zero attached hydrogens (tertiary/aromatic N) is 1. The molecule has 7 heavy (non-hydrogen) atoms. The average Bonchev–Trinajstić information content (AvgIpc) is 1.68. The van der Waals surface area contributed by atoms with Gasteiger partial charge in [0.2, 0.25) is 0 Å². The van der Waals surface area contributed by atoms with E-state index in [2.05, 4.69) is 21.7 Å². The van der Waals surface area contributed by atoms with Gasteiger partial charge in [-0.2, -0.15) is 11.0 Å². The molecule has 0 aliphatic rings. The third kappa shape index (κ3) is 2.71. The highest BCUT2D eigenvalue weighted by Crippen LogP contribution is 1.57. The van der Waals surface area contributed by atoms with Gasteiger partial charge in [0.05, 0.1) is 0 Å². The predicted molar refractivity (Wildman–Crippen MR) is 23.0 cm³/mol. The van der Waals surface area contributed by atoms with Crippen molar-refractivity contribution in [2.75, 3.05) is 0 Å². The van der Waals surface area contributed by atoms with Crippen LogP contribution < -0.4 is 11.7 Å². The number of rotatable bonds is 1. The number of hydrogen-bond acceptors (Lipinski definition) is 5. The fourth-order valence-electron chi connectivity index (χ4n) is 0.0913. The minimum atomic E-state index is -0.762. The van der Waals surface area contributed by atoms with Gasteiger partial charge in [-0.15, -0.1) is 0 Å². The largest absolute Gasteiger partial charge is 0.369 e. The molecule has 0 spiro atoms. The Morgan fingerprint density at radius 3 is 2.57 bits per heavy atom. The molecule has 0 bridgehead atoms. The average molecular weight is 103 g/mol. The molecule has 40 valence electrons. The van der Waals surface area contributed by atoms with E-state index in [1.807, 2.05) is 0 Å². The van der Waals surface area contributed by atoms with E-state index in [-0.39, 0.29) is 0 Å². The van der Waals surface area contributed by atoms with Crippen molar-refractivity contribution in [3.8, 4) is 0 Å². The monoisotopic (exact) mass is 103 g/mol. The zero-order valence-electron chi connectivity index (χ0n) is 3.50. The quantitative estimate of drug-likeness (QED) is 0.236. The van der Waals surface area contributed by atoms with Crippen molar-refractivity contribution in [1.82, 2.24) is 0 Å². The van der Waals surface area contributed by atoms with Crippen LogP contribution in [0.25, 0.3) is 0 Å². The van der Waals surface area contributed by atoms with E-state index in [0.29, 0.717) is 0 Å². The van der Waals surface area contributed by atoms with E-state index >= 15 is 0 Å². The summed E-state index contributed by atoms with van der Waals surface area (Å²) < 4.78 is 0. The molecular formula is C2H5N3O2. The number of hydrogen-bond donors (Lipinski definition) is 2. The van der Waals surface area contributed by atoms with Crippen LogP contribution in [0.15, 0.2) is 5.10 Å². The molecule has 5 nitrogen and oxygen atoms in total. The van der Waals surface area contributed by atoms with Crippen molar-refractivity contribution < 1.29 is 9.63 Å². The topological polar surface area (TPSA) is 90.7 Å². The Bertz CT molecular complexity index is 88.9. The predicted octanol–water partition coefficient (Wildman–Crippen LogP) is -1.65. The van der Waals surface area contributed by atoms with Crippen LogP contribution in [0.5, 0.6) is 0 Å². The lowest BCUT2D eigenvalue weighted by Gasteiger charge is -1.82. The molecule has 0 aromatic heterocycles. The molecule has 0 aromatic carbocycles. The van der Waals surface area contributed by atoms with Crippen LogP contribution in [-0.2, 0) is 9.63 Å². The van der Waals surface area contributed by atoms with Gasteiger partial charge in [-0.25, -0.2) is 4.79 Å². The molecule has 0 saturated heterocycles. The highest BCUT2D eigenvalue weighted by atomic mass is 16.7. The molecule has 0 atom stereocenters. The third-order valence-corrected chi connectivity index (χ3v) is 0.296. The standard InChI is InChI=1S/C2H5N3O2/c3-5-1-2(6)7-4/h1H,3-4H2. The van der Waals surface area contributed by atoms with Crippen molar-refractivity contribution in [2.45, 2.75) is 0 Å². The number of nitrogens with two attached hydrogens (primary N) is 2. The van der Waals surface area contributed by atoms with Gasteiger partial charge in [0.25, 0.3) is 0 Å². The van der Waals surface area contributed by atoms with Gasteiger partial charge in [0, 0.05) is 0 Å². The molecule has 5 heteroatoms. The van der Waals surface area contributed by atoms with Crippen LogP contribution in [0.4, 0.5) is 0 Å². The molecule has 0 aliphatic carbocycles. The van der Waals surface area contributed by atoms with Crippen molar-refractivity contribution >= 4 is 12.2 Å². The number of hydrazone groups is 1. The highest BCUT2D eigenvalue weighted by Gasteiger charge is 1.88. The summed E-state index contributed by atoms with van der Waals surface area (Å²) in [5.41, 5.74) is 0. The molecular weight excluding hydrogens is 98.0 g/mol. The molecule has 4 N–H and O–H groups in total. The fraction of sp³-hybridized carbons (Fsp3) is 0. The fourth-order valence-corrected chi connectivity index (χ4v) is 0.0913. The maximum absolute atomic E-state index is 9.84. The Hall–Kier alpha value is -1.10. The first-order chi connectivity index (χ1) is 3.31. The Morgan fingerprint density at radius 1 is 1.86 bits per heavy atom. The maximum Gasteiger partial charge on any atom is 0.369 e. The van der Waals surface area contributed by atoms with E-state index in [1.54, 1.807) is 0 Å². The van der Waals surface area contributed by atoms with Crippen LogP contribution in [0.2, 0.25) is 0 Å². The highest BCUT2D eigenvalue weighted by molar-refractivity contribution is 6.22. The van der Waals surface area contributed by atoms with Gasteiger partial charge in [-0.3, -0.25) is 0 Å². The lowest BCUT2D eigenvalue weighted by atomic mass is 10.8. The van der Waals surface area contributed by atoms with Crippen molar-refractivity contribution in [1.29, 1.82) is 0 Å². The molecule has 0 unspecified atom stereocenters. The van der Waals surface area contributed by atoms with Crippen LogP contribution in [0.1, 0.15) is 0 Å². The number of carbonyl (C=O) groups excluding carboxylic acids is 1. The molecule has 0 heterocycles. The molecule has 0 radical (unpaired) electrons. The second kappa shape index (κ2) is 3.10. The molecule has 0 aliphatic heterocycles. The lowest BCUT2D eigenvalue weighted by Crippen LogP contribution is -2.11. The van der Waals surface area contributed by atoms with Crippen LogP contribution in [0.3, 0.4) is 0 Å². The second-order valence-electron chi connectivity index (χ2n) is 0.715. The SMILES string of the molecule is NN=CC(=O)ON. The molecule has 0 aromatic rings. The minimum absolute atomic E-state index is 0.762. The summed E-state index contributed by atoms with van der Waals surface area (Å²) in [4.78, 5) is 13.5. The minimum Gasteiger partial charge on any atom is -0.369 e. The van der Waals surface area contributed by atoms with Crippen molar-refractivity contribution in [2.24, 2.45) is 16.8 Å². The molecule has 0 amide bonds. The van der Waals surface area contributed by atoms with Crippen molar-refractivity contribution in [3.05, 3.63) is 0 Å². The summed E-state index contributed by atoms with van der Waals surface area (Å²) in [6.45, 7) is 0. The normalized spacial score (nSPS) is 9.29. The molecule has 0 fully saturated rings. The first kappa shape index (κ1) is 5.90. The summed E-state index contributed by atoms with van der Waals surface area (Å²) >= 11 is 0. The van der Waals surface area contributed by atoms with E-state index in [9.17, 15) is 4.79 Å².